The normalized spacial score (nSPS) is 11.2. The molecule has 0 bridgehead atoms. The fourth-order valence-corrected chi connectivity index (χ4v) is 0.690. The van der Waals surface area contributed by atoms with Gasteiger partial charge in [0.15, 0.2) is 0 Å². The molecule has 0 fully saturated rings. The van der Waals surface area contributed by atoms with Crippen LogP contribution in [0.1, 0.15) is 6.42 Å². The zero-order valence-corrected chi connectivity index (χ0v) is 8.07. The lowest BCUT2D eigenvalue weighted by Gasteiger charge is -2.03. The van der Waals surface area contributed by atoms with Gasteiger partial charge in [0, 0.05) is 7.11 Å². The summed E-state index contributed by atoms with van der Waals surface area (Å²) in [6.45, 7) is 3.02. The molecule has 78 valence electrons. The van der Waals surface area contributed by atoms with E-state index >= 15 is 0 Å². The first-order valence-corrected chi connectivity index (χ1v) is 4.35. The van der Waals surface area contributed by atoms with Crippen molar-refractivity contribution >= 4 is 0 Å². The highest BCUT2D eigenvalue weighted by Crippen LogP contribution is 1.85. The topological polar surface area (TPSA) is 47.9 Å². The Balaban J connectivity index is 2.83. The molecular weight excluding hydrogens is 172 g/mol. The fraction of sp³-hybridized carbons (Fsp3) is 0.778. The summed E-state index contributed by atoms with van der Waals surface area (Å²) in [4.78, 5) is 0. The molecule has 0 heterocycles. The predicted octanol–water partition coefficient (Wildman–Crippen LogP) is 1.13. The minimum atomic E-state index is 0.586. The van der Waals surface area contributed by atoms with Crippen molar-refractivity contribution in [2.75, 3.05) is 40.1 Å². The molecule has 0 amide bonds. The third kappa shape index (κ3) is 11.4. The number of aliphatic hydroxyl groups excluding tert-OH is 1. The molecule has 0 saturated heterocycles. The lowest BCUT2D eigenvalue weighted by molar-refractivity contribution is 0.0259. The lowest BCUT2D eigenvalue weighted by atomic mass is 10.4. The number of hydrogen-bond donors (Lipinski definition) is 1. The van der Waals surface area contributed by atoms with Crippen LogP contribution in [-0.4, -0.2) is 45.3 Å². The first kappa shape index (κ1) is 12.4. The second-order valence-electron chi connectivity index (χ2n) is 2.39. The summed E-state index contributed by atoms with van der Waals surface area (Å²) in [6.07, 6.45) is 3.40. The maximum Gasteiger partial charge on any atom is 0.0752 e. The first-order valence-electron chi connectivity index (χ1n) is 4.35. The average Bonchev–Trinajstić information content (AvgIpc) is 2.16. The van der Waals surface area contributed by atoms with E-state index in [-0.39, 0.29) is 0 Å². The van der Waals surface area contributed by atoms with Crippen molar-refractivity contribution in [3.63, 3.8) is 0 Å². The molecule has 0 atom stereocenters. The Morgan fingerprint density at radius 3 is 2.23 bits per heavy atom. The second kappa shape index (κ2) is 11.4. The van der Waals surface area contributed by atoms with Gasteiger partial charge in [0.2, 0.25) is 0 Å². The van der Waals surface area contributed by atoms with Crippen LogP contribution >= 0.6 is 0 Å². The predicted molar refractivity (Wildman–Crippen MR) is 49.9 cm³/mol. The van der Waals surface area contributed by atoms with Crippen LogP contribution in [0.2, 0.25) is 0 Å². The first-order chi connectivity index (χ1) is 6.41. The summed E-state index contributed by atoms with van der Waals surface area (Å²) >= 11 is 0. The summed E-state index contributed by atoms with van der Waals surface area (Å²) < 4.78 is 15.1. The number of hydrogen-bond acceptors (Lipinski definition) is 4. The van der Waals surface area contributed by atoms with Crippen LogP contribution in [0.25, 0.3) is 0 Å². The Morgan fingerprint density at radius 1 is 1.00 bits per heavy atom. The molecule has 4 heteroatoms. The minimum Gasteiger partial charge on any atom is -0.516 e. The molecule has 0 saturated carbocycles. The van der Waals surface area contributed by atoms with E-state index in [1.54, 1.807) is 13.2 Å². The highest BCUT2D eigenvalue weighted by molar-refractivity contribution is 4.70. The van der Waals surface area contributed by atoms with E-state index in [1.807, 2.05) is 0 Å². The molecule has 0 radical (unpaired) electrons. The summed E-state index contributed by atoms with van der Waals surface area (Å²) in [5.41, 5.74) is 0. The van der Waals surface area contributed by atoms with Crippen molar-refractivity contribution in [2.45, 2.75) is 6.42 Å². The van der Waals surface area contributed by atoms with E-state index in [2.05, 4.69) is 0 Å². The van der Waals surface area contributed by atoms with Gasteiger partial charge in [0.05, 0.1) is 39.3 Å². The SMILES string of the molecule is COCCOCCOCC/C=C/O. The summed E-state index contributed by atoms with van der Waals surface area (Å²) in [5.74, 6) is 0. The molecule has 13 heavy (non-hydrogen) atoms. The van der Waals surface area contributed by atoms with Gasteiger partial charge in [0.25, 0.3) is 0 Å². The second-order valence-corrected chi connectivity index (χ2v) is 2.39. The van der Waals surface area contributed by atoms with Crippen LogP contribution in [0, 0.1) is 0 Å². The van der Waals surface area contributed by atoms with Crippen molar-refractivity contribution in [1.29, 1.82) is 0 Å². The van der Waals surface area contributed by atoms with Crippen molar-refractivity contribution in [3.8, 4) is 0 Å². The smallest absolute Gasteiger partial charge is 0.0752 e. The number of aliphatic hydroxyl groups is 1. The Labute approximate surface area is 79.1 Å². The largest absolute Gasteiger partial charge is 0.516 e. The van der Waals surface area contributed by atoms with Crippen LogP contribution in [0.5, 0.6) is 0 Å². The van der Waals surface area contributed by atoms with Crippen molar-refractivity contribution in [1.82, 2.24) is 0 Å². The standard InChI is InChI=1S/C9H18O4/c1-11-6-7-13-9-8-12-5-3-2-4-10/h2,4,10H,3,5-9H2,1H3/b4-2+. The molecule has 4 nitrogen and oxygen atoms in total. The van der Waals surface area contributed by atoms with Gasteiger partial charge in [-0.05, 0) is 12.5 Å². The van der Waals surface area contributed by atoms with Gasteiger partial charge >= 0.3 is 0 Å². The van der Waals surface area contributed by atoms with Crippen LogP contribution in [0.15, 0.2) is 12.3 Å². The van der Waals surface area contributed by atoms with Gasteiger partial charge in [-0.3, -0.25) is 0 Å². The van der Waals surface area contributed by atoms with Crippen molar-refractivity contribution in [2.24, 2.45) is 0 Å². The zero-order chi connectivity index (χ0) is 9.78. The molecule has 0 aromatic rings. The quantitative estimate of drug-likeness (QED) is 0.437. The molecule has 0 rings (SSSR count). The fourth-order valence-electron chi connectivity index (χ4n) is 0.690. The van der Waals surface area contributed by atoms with Gasteiger partial charge in [-0.25, -0.2) is 0 Å². The van der Waals surface area contributed by atoms with E-state index in [0.717, 1.165) is 12.7 Å². The van der Waals surface area contributed by atoms with E-state index < -0.39 is 0 Å². The third-order valence-electron chi connectivity index (χ3n) is 1.34. The van der Waals surface area contributed by atoms with Gasteiger partial charge in [0.1, 0.15) is 0 Å². The van der Waals surface area contributed by atoms with E-state index in [4.69, 9.17) is 19.3 Å². The van der Waals surface area contributed by atoms with Gasteiger partial charge in [-0.1, -0.05) is 0 Å². The number of rotatable bonds is 9. The number of ether oxygens (including phenoxy) is 3. The molecule has 0 aromatic heterocycles. The molecule has 0 aromatic carbocycles. The summed E-state index contributed by atoms with van der Waals surface area (Å²) in [6, 6.07) is 0. The van der Waals surface area contributed by atoms with Crippen LogP contribution in [0.4, 0.5) is 0 Å². The van der Waals surface area contributed by atoms with Gasteiger partial charge < -0.3 is 19.3 Å². The Bertz CT molecular complexity index is 114. The molecular formula is C9H18O4. The van der Waals surface area contributed by atoms with Gasteiger partial charge in [-0.2, -0.15) is 0 Å². The van der Waals surface area contributed by atoms with Crippen LogP contribution in [-0.2, 0) is 14.2 Å². The van der Waals surface area contributed by atoms with E-state index in [9.17, 15) is 0 Å². The highest BCUT2D eigenvalue weighted by atomic mass is 16.5. The zero-order valence-electron chi connectivity index (χ0n) is 8.07. The van der Waals surface area contributed by atoms with Crippen molar-refractivity contribution in [3.05, 3.63) is 12.3 Å². The Morgan fingerprint density at radius 2 is 1.62 bits per heavy atom. The highest BCUT2D eigenvalue weighted by Gasteiger charge is 1.88. The van der Waals surface area contributed by atoms with Gasteiger partial charge in [-0.15, -0.1) is 0 Å². The maximum atomic E-state index is 8.29. The number of methoxy groups -OCH3 is 1. The Hall–Kier alpha value is -0.580. The van der Waals surface area contributed by atoms with E-state index in [1.165, 1.54) is 0 Å². The van der Waals surface area contributed by atoms with Crippen LogP contribution < -0.4 is 0 Å². The monoisotopic (exact) mass is 190 g/mol. The Kier molecular flexibility index (Phi) is 10.9. The molecule has 0 aliphatic rings. The lowest BCUT2D eigenvalue weighted by Crippen LogP contribution is -2.08. The van der Waals surface area contributed by atoms with E-state index in [0.29, 0.717) is 33.0 Å². The molecule has 0 spiro atoms. The molecule has 0 unspecified atom stereocenters. The molecule has 0 aliphatic heterocycles. The average molecular weight is 190 g/mol. The maximum absolute atomic E-state index is 8.29. The molecule has 0 aliphatic carbocycles. The summed E-state index contributed by atoms with van der Waals surface area (Å²) in [5, 5.41) is 8.29. The minimum absolute atomic E-state index is 0.586. The molecule has 1 N–H and O–H groups in total. The summed E-state index contributed by atoms with van der Waals surface area (Å²) in [7, 11) is 1.64. The van der Waals surface area contributed by atoms with Crippen molar-refractivity contribution < 1.29 is 19.3 Å². The third-order valence-corrected chi connectivity index (χ3v) is 1.34. The van der Waals surface area contributed by atoms with Crippen LogP contribution in [0.3, 0.4) is 0 Å².